The Balaban J connectivity index is 0.00000196. The van der Waals surface area contributed by atoms with E-state index in [9.17, 15) is 13.2 Å². The van der Waals surface area contributed by atoms with E-state index in [2.05, 4.69) is 12.2 Å². The van der Waals surface area contributed by atoms with Gasteiger partial charge in [-0.15, -0.1) is 24.8 Å². The van der Waals surface area contributed by atoms with Gasteiger partial charge in [-0.25, -0.2) is 0 Å². The molecule has 3 nitrogen and oxygen atoms in total. The summed E-state index contributed by atoms with van der Waals surface area (Å²) in [4.78, 5) is 1.82. The Kier molecular flexibility index (Phi) is 8.92. The smallest absolute Gasteiger partial charge is 0.418 e. The molecule has 1 heterocycles. The number of ether oxygens (including phenoxy) is 1. The number of benzene rings is 2. The molecule has 1 aliphatic heterocycles. The van der Waals surface area contributed by atoms with E-state index in [0.29, 0.717) is 13.1 Å². The van der Waals surface area contributed by atoms with Crippen molar-refractivity contribution < 1.29 is 17.9 Å². The van der Waals surface area contributed by atoms with Crippen molar-refractivity contribution in [1.82, 2.24) is 5.32 Å². The Labute approximate surface area is 176 Å². The monoisotopic (exact) mass is 436 g/mol. The molecule has 0 radical (unpaired) electrons. The lowest BCUT2D eigenvalue weighted by molar-refractivity contribution is -0.137. The standard InChI is InChI=1S/C20H23F3N2O.2ClH/c1-14(15-6-5-7-17(12-15)26-2)24-16-10-11-25(13-16)19-9-4-3-8-18(19)20(21,22)23;;/h3-9,12,14,16,24H,10-11,13H2,1-2H3;2*1H. The van der Waals surface area contributed by atoms with Gasteiger partial charge in [0.05, 0.1) is 12.7 Å². The molecule has 0 amide bonds. The second-order valence-corrected chi connectivity index (χ2v) is 6.61. The van der Waals surface area contributed by atoms with Crippen molar-refractivity contribution in [3.05, 3.63) is 59.7 Å². The Bertz CT molecular complexity index is 758. The lowest BCUT2D eigenvalue weighted by Crippen LogP contribution is -2.34. The van der Waals surface area contributed by atoms with E-state index in [0.717, 1.165) is 23.8 Å². The number of rotatable bonds is 5. The number of methoxy groups -OCH3 is 1. The normalized spacial score (nSPS) is 17.5. The Morgan fingerprint density at radius 2 is 1.82 bits per heavy atom. The van der Waals surface area contributed by atoms with Gasteiger partial charge in [-0.1, -0.05) is 24.3 Å². The maximum Gasteiger partial charge on any atom is 0.418 e. The topological polar surface area (TPSA) is 24.5 Å². The molecule has 0 bridgehead atoms. The van der Waals surface area contributed by atoms with E-state index >= 15 is 0 Å². The van der Waals surface area contributed by atoms with Gasteiger partial charge in [-0.2, -0.15) is 13.2 Å². The lowest BCUT2D eigenvalue weighted by atomic mass is 10.1. The molecule has 3 rings (SSSR count). The van der Waals surface area contributed by atoms with Crippen molar-refractivity contribution in [2.75, 3.05) is 25.1 Å². The highest BCUT2D eigenvalue weighted by Gasteiger charge is 2.36. The van der Waals surface area contributed by atoms with E-state index in [1.807, 2.05) is 29.2 Å². The van der Waals surface area contributed by atoms with Gasteiger partial charge in [-0.3, -0.25) is 0 Å². The summed E-state index contributed by atoms with van der Waals surface area (Å²) in [5.74, 6) is 0.795. The van der Waals surface area contributed by atoms with Gasteiger partial charge >= 0.3 is 6.18 Å². The summed E-state index contributed by atoms with van der Waals surface area (Å²) in [5.41, 5.74) is 0.790. The van der Waals surface area contributed by atoms with Gasteiger partial charge in [-0.05, 0) is 43.2 Å². The third kappa shape index (κ3) is 5.69. The summed E-state index contributed by atoms with van der Waals surface area (Å²) in [6.45, 7) is 3.22. The molecule has 2 aromatic rings. The quantitative estimate of drug-likeness (QED) is 0.670. The van der Waals surface area contributed by atoms with Crippen LogP contribution in [0.3, 0.4) is 0 Å². The highest BCUT2D eigenvalue weighted by molar-refractivity contribution is 5.85. The average molecular weight is 437 g/mol. The van der Waals surface area contributed by atoms with Crippen LogP contribution in [-0.4, -0.2) is 26.2 Å². The van der Waals surface area contributed by atoms with Gasteiger partial charge in [0.25, 0.3) is 0 Å². The molecular formula is C20H25Cl2F3N2O. The fourth-order valence-electron chi connectivity index (χ4n) is 3.46. The predicted octanol–water partition coefficient (Wildman–Crippen LogP) is 5.49. The van der Waals surface area contributed by atoms with Crippen LogP contribution in [0.2, 0.25) is 0 Å². The fraction of sp³-hybridized carbons (Fsp3) is 0.400. The Hall–Kier alpha value is -1.63. The summed E-state index contributed by atoms with van der Waals surface area (Å²) in [6.07, 6.45) is -3.53. The van der Waals surface area contributed by atoms with Crippen molar-refractivity contribution in [2.45, 2.75) is 31.6 Å². The van der Waals surface area contributed by atoms with Gasteiger partial charge in [0.15, 0.2) is 0 Å². The van der Waals surface area contributed by atoms with E-state index in [1.54, 1.807) is 19.2 Å². The van der Waals surface area contributed by atoms with Crippen molar-refractivity contribution in [3.8, 4) is 5.75 Å². The predicted molar refractivity (Wildman–Crippen MR) is 111 cm³/mol. The SMILES string of the molecule is COc1cccc(C(C)NC2CCN(c3ccccc3C(F)(F)F)C2)c1.Cl.Cl. The minimum Gasteiger partial charge on any atom is -0.497 e. The molecular weight excluding hydrogens is 412 g/mol. The molecule has 1 N–H and O–H groups in total. The second kappa shape index (κ2) is 10.2. The molecule has 2 unspecified atom stereocenters. The zero-order valence-electron chi connectivity index (χ0n) is 15.7. The van der Waals surface area contributed by atoms with E-state index in [4.69, 9.17) is 4.74 Å². The number of nitrogens with zero attached hydrogens (tertiary/aromatic N) is 1. The second-order valence-electron chi connectivity index (χ2n) is 6.61. The highest BCUT2D eigenvalue weighted by atomic mass is 35.5. The number of alkyl halides is 3. The van der Waals surface area contributed by atoms with Crippen LogP contribution < -0.4 is 15.0 Å². The minimum absolute atomic E-state index is 0. The summed E-state index contributed by atoms with van der Waals surface area (Å²) in [5, 5.41) is 3.53. The van der Waals surface area contributed by atoms with E-state index in [1.165, 1.54) is 6.07 Å². The Morgan fingerprint density at radius 3 is 2.50 bits per heavy atom. The number of halogens is 5. The number of para-hydroxylation sites is 1. The average Bonchev–Trinajstić information content (AvgIpc) is 3.09. The summed E-state index contributed by atoms with van der Waals surface area (Å²) < 4.78 is 45.0. The molecule has 28 heavy (non-hydrogen) atoms. The molecule has 2 atom stereocenters. The van der Waals surface area contributed by atoms with Crippen LogP contribution in [0.1, 0.15) is 30.5 Å². The van der Waals surface area contributed by atoms with Gasteiger partial charge in [0.2, 0.25) is 0 Å². The number of nitrogens with one attached hydrogen (secondary N) is 1. The molecule has 0 saturated carbocycles. The molecule has 1 fully saturated rings. The fourth-order valence-corrected chi connectivity index (χ4v) is 3.46. The Morgan fingerprint density at radius 1 is 1.11 bits per heavy atom. The van der Waals surface area contributed by atoms with Crippen LogP contribution in [0.15, 0.2) is 48.5 Å². The molecule has 0 aromatic heterocycles. The van der Waals surface area contributed by atoms with E-state index in [-0.39, 0.29) is 42.6 Å². The molecule has 2 aromatic carbocycles. The van der Waals surface area contributed by atoms with Gasteiger partial charge in [0.1, 0.15) is 5.75 Å². The number of hydrogen-bond acceptors (Lipinski definition) is 3. The summed E-state index contributed by atoms with van der Waals surface area (Å²) in [7, 11) is 1.63. The number of hydrogen-bond donors (Lipinski definition) is 1. The van der Waals surface area contributed by atoms with Crippen LogP contribution in [-0.2, 0) is 6.18 Å². The van der Waals surface area contributed by atoms with E-state index < -0.39 is 11.7 Å². The zero-order valence-corrected chi connectivity index (χ0v) is 17.3. The van der Waals surface area contributed by atoms with Crippen molar-refractivity contribution >= 4 is 30.5 Å². The molecule has 0 spiro atoms. The first-order chi connectivity index (χ1) is 12.4. The van der Waals surface area contributed by atoms with Crippen LogP contribution in [0, 0.1) is 0 Å². The number of anilines is 1. The summed E-state index contributed by atoms with van der Waals surface area (Å²) in [6, 6.07) is 13.8. The third-order valence-electron chi connectivity index (χ3n) is 4.82. The maximum atomic E-state index is 13.2. The first-order valence-electron chi connectivity index (χ1n) is 8.69. The molecule has 1 saturated heterocycles. The maximum absolute atomic E-state index is 13.2. The molecule has 156 valence electrons. The van der Waals surface area contributed by atoms with Crippen molar-refractivity contribution in [2.24, 2.45) is 0 Å². The molecule has 0 aliphatic carbocycles. The minimum atomic E-state index is -4.34. The molecule has 8 heteroatoms. The van der Waals surface area contributed by atoms with Crippen LogP contribution in [0.25, 0.3) is 0 Å². The van der Waals surface area contributed by atoms with Gasteiger partial charge < -0.3 is 15.0 Å². The zero-order chi connectivity index (χ0) is 18.7. The molecule has 1 aliphatic rings. The third-order valence-corrected chi connectivity index (χ3v) is 4.82. The van der Waals surface area contributed by atoms with Gasteiger partial charge in [0, 0.05) is 30.9 Å². The van der Waals surface area contributed by atoms with Crippen LogP contribution in [0.4, 0.5) is 18.9 Å². The largest absolute Gasteiger partial charge is 0.497 e. The van der Waals surface area contributed by atoms with Crippen LogP contribution >= 0.6 is 24.8 Å². The lowest BCUT2D eigenvalue weighted by Gasteiger charge is -2.24. The van der Waals surface area contributed by atoms with Crippen LogP contribution in [0.5, 0.6) is 5.75 Å². The van der Waals surface area contributed by atoms with Crippen molar-refractivity contribution in [1.29, 1.82) is 0 Å². The highest BCUT2D eigenvalue weighted by Crippen LogP contribution is 2.37. The first-order valence-corrected chi connectivity index (χ1v) is 8.69. The van der Waals surface area contributed by atoms with Crippen molar-refractivity contribution in [3.63, 3.8) is 0 Å². The summed E-state index contributed by atoms with van der Waals surface area (Å²) >= 11 is 0. The first kappa shape index (κ1) is 24.4.